The molecule has 3 atom stereocenters. The predicted molar refractivity (Wildman–Crippen MR) is 112 cm³/mol. The van der Waals surface area contributed by atoms with Crippen molar-refractivity contribution in [1.29, 1.82) is 0 Å². The van der Waals surface area contributed by atoms with Gasteiger partial charge in [-0.05, 0) is 43.2 Å². The lowest BCUT2D eigenvalue weighted by molar-refractivity contribution is -0.143. The first-order chi connectivity index (χ1) is 13.1. The van der Waals surface area contributed by atoms with Crippen LogP contribution in [0.1, 0.15) is 23.6 Å². The number of hydrogen-bond donors (Lipinski definition) is 1. The third-order valence-corrected chi connectivity index (χ3v) is 7.81. The monoisotopic (exact) mass is 439 g/mol. The van der Waals surface area contributed by atoms with Crippen LogP contribution < -0.4 is 0 Å². The summed E-state index contributed by atoms with van der Waals surface area (Å²) in [7, 11) is -3.56. The Hall–Kier alpha value is -1.54. The van der Waals surface area contributed by atoms with Crippen molar-refractivity contribution >= 4 is 39.4 Å². The number of sulfonamides is 1. The van der Waals surface area contributed by atoms with E-state index in [4.69, 9.17) is 11.6 Å². The van der Waals surface area contributed by atoms with Gasteiger partial charge in [0.25, 0.3) is 0 Å². The van der Waals surface area contributed by atoms with E-state index in [-0.39, 0.29) is 11.8 Å². The molecule has 0 bridgehead atoms. The molecule has 1 heterocycles. The van der Waals surface area contributed by atoms with Gasteiger partial charge in [-0.3, -0.25) is 4.79 Å². The topological polar surface area (TPSA) is 74.7 Å². The lowest BCUT2D eigenvalue weighted by Crippen LogP contribution is -2.49. The Morgan fingerprint density at radius 1 is 1.14 bits per heavy atom. The summed E-state index contributed by atoms with van der Waals surface area (Å²) in [5, 5.41) is 10.1. The zero-order chi connectivity index (χ0) is 20.5. The van der Waals surface area contributed by atoms with Crippen LogP contribution in [0.2, 0.25) is 5.02 Å². The molecule has 0 spiro atoms. The fraction of sp³-hybridized carbons (Fsp3) is 0.350. The van der Waals surface area contributed by atoms with E-state index in [2.05, 4.69) is 0 Å². The number of hydrogen-bond acceptors (Lipinski definition) is 4. The van der Waals surface area contributed by atoms with Crippen molar-refractivity contribution in [2.75, 3.05) is 12.8 Å². The summed E-state index contributed by atoms with van der Waals surface area (Å²) < 4.78 is 26.2. The average molecular weight is 440 g/mol. The van der Waals surface area contributed by atoms with Gasteiger partial charge in [-0.15, -0.1) is 11.8 Å². The van der Waals surface area contributed by atoms with Crippen LogP contribution in [0.15, 0.2) is 53.4 Å². The minimum atomic E-state index is -3.56. The quantitative estimate of drug-likeness (QED) is 0.755. The maximum atomic E-state index is 12.4. The number of aliphatic carboxylic acids is 1. The highest BCUT2D eigenvalue weighted by atomic mass is 35.5. The van der Waals surface area contributed by atoms with Gasteiger partial charge >= 0.3 is 5.97 Å². The number of benzene rings is 2. The Bertz CT molecular complexity index is 945. The number of carboxylic acids is 1. The van der Waals surface area contributed by atoms with E-state index >= 15 is 0 Å². The lowest BCUT2D eigenvalue weighted by Gasteiger charge is -2.41. The molecule has 1 N–H and O–H groups in total. The van der Waals surface area contributed by atoms with Gasteiger partial charge in [0.2, 0.25) is 10.0 Å². The predicted octanol–water partition coefficient (Wildman–Crippen LogP) is 4.22. The lowest BCUT2D eigenvalue weighted by atomic mass is 9.90. The molecule has 0 aromatic heterocycles. The molecule has 1 fully saturated rings. The molecule has 0 saturated carbocycles. The molecule has 0 amide bonds. The minimum Gasteiger partial charge on any atom is -0.481 e. The zero-order valence-corrected chi connectivity index (χ0v) is 18.0. The van der Waals surface area contributed by atoms with E-state index < -0.39 is 28.0 Å². The number of thioether (sulfide) groups is 1. The van der Waals surface area contributed by atoms with Gasteiger partial charge in [-0.2, -0.15) is 4.31 Å². The summed E-state index contributed by atoms with van der Waals surface area (Å²) in [6, 6.07) is 14.6. The first-order valence-corrected chi connectivity index (χ1v) is 11.9. The molecule has 5 nitrogen and oxygen atoms in total. The Morgan fingerprint density at radius 2 is 1.75 bits per heavy atom. The van der Waals surface area contributed by atoms with Gasteiger partial charge in [-0.1, -0.05) is 41.4 Å². The highest BCUT2D eigenvalue weighted by Crippen LogP contribution is 2.43. The van der Waals surface area contributed by atoms with E-state index in [0.717, 1.165) is 22.3 Å². The third kappa shape index (κ3) is 4.89. The maximum absolute atomic E-state index is 12.4. The molecule has 2 aromatic carbocycles. The molecule has 2 aromatic rings. The first-order valence-electron chi connectivity index (χ1n) is 8.83. The van der Waals surface area contributed by atoms with Crippen LogP contribution in [-0.2, 0) is 14.8 Å². The summed E-state index contributed by atoms with van der Waals surface area (Å²) in [5.74, 6) is -1.78. The van der Waals surface area contributed by atoms with Gasteiger partial charge in [0.1, 0.15) is 0 Å². The average Bonchev–Trinajstić information content (AvgIpc) is 2.63. The van der Waals surface area contributed by atoms with Gasteiger partial charge in [0.05, 0.1) is 18.2 Å². The molecule has 0 unspecified atom stereocenters. The SMILES string of the molecule is Cc1ccc([C@@H]2C[C@@H](Sc3ccc(Cl)cc3)[C@H](C(=O)O)CN2S(C)(=O)=O)cc1. The van der Waals surface area contributed by atoms with Crippen molar-refractivity contribution in [3.8, 4) is 0 Å². The zero-order valence-electron chi connectivity index (χ0n) is 15.6. The summed E-state index contributed by atoms with van der Waals surface area (Å²) in [5.41, 5.74) is 1.96. The number of carboxylic acid groups (broad SMARTS) is 1. The minimum absolute atomic E-state index is 0.0437. The number of rotatable bonds is 5. The van der Waals surface area contributed by atoms with Crippen molar-refractivity contribution in [2.24, 2.45) is 5.92 Å². The highest BCUT2D eigenvalue weighted by molar-refractivity contribution is 8.00. The van der Waals surface area contributed by atoms with Gasteiger partial charge in [0, 0.05) is 21.7 Å². The first kappa shape index (κ1) is 21.2. The molecule has 0 aliphatic carbocycles. The van der Waals surface area contributed by atoms with Gasteiger partial charge < -0.3 is 5.11 Å². The maximum Gasteiger partial charge on any atom is 0.308 e. The Balaban J connectivity index is 1.96. The van der Waals surface area contributed by atoms with E-state index in [0.29, 0.717) is 11.4 Å². The van der Waals surface area contributed by atoms with Crippen molar-refractivity contribution in [3.63, 3.8) is 0 Å². The van der Waals surface area contributed by atoms with E-state index in [1.54, 1.807) is 12.1 Å². The highest BCUT2D eigenvalue weighted by Gasteiger charge is 2.43. The van der Waals surface area contributed by atoms with Crippen molar-refractivity contribution < 1.29 is 18.3 Å². The number of nitrogens with zero attached hydrogens (tertiary/aromatic N) is 1. The summed E-state index contributed by atoms with van der Waals surface area (Å²) in [6.07, 6.45) is 1.56. The smallest absolute Gasteiger partial charge is 0.308 e. The summed E-state index contributed by atoms with van der Waals surface area (Å²) in [6.45, 7) is 1.93. The Kier molecular flexibility index (Phi) is 6.39. The molecule has 1 aliphatic rings. The van der Waals surface area contributed by atoms with Crippen LogP contribution in [0.3, 0.4) is 0 Å². The normalized spacial score (nSPS) is 23.5. The van der Waals surface area contributed by atoms with Gasteiger partial charge in [-0.25, -0.2) is 8.42 Å². The molecule has 28 heavy (non-hydrogen) atoms. The summed E-state index contributed by atoms with van der Waals surface area (Å²) in [4.78, 5) is 12.8. The van der Waals surface area contributed by atoms with E-state index in [1.165, 1.54) is 16.1 Å². The van der Waals surface area contributed by atoms with Crippen LogP contribution in [0, 0.1) is 12.8 Å². The number of carbonyl (C=O) groups is 1. The second kappa shape index (κ2) is 8.45. The fourth-order valence-corrected chi connectivity index (χ4v) is 5.97. The molecule has 8 heteroatoms. The van der Waals surface area contributed by atoms with Crippen LogP contribution in [-0.4, -0.2) is 41.8 Å². The third-order valence-electron chi connectivity index (χ3n) is 4.94. The second-order valence-corrected chi connectivity index (χ2v) is 10.7. The van der Waals surface area contributed by atoms with Gasteiger partial charge in [0.15, 0.2) is 0 Å². The van der Waals surface area contributed by atoms with Crippen molar-refractivity contribution in [1.82, 2.24) is 4.31 Å². The standard InChI is InChI=1S/C20H22ClNO4S2/c1-13-3-5-14(6-4-13)18-11-19(27-16-9-7-15(21)8-10-16)17(20(23)24)12-22(18)28(2,25)26/h3-10,17-19H,11-12H2,1-2H3,(H,23,24)/t17-,18+,19-/m1/s1. The molecule has 3 rings (SSSR count). The number of halogens is 1. The summed E-state index contributed by atoms with van der Waals surface area (Å²) >= 11 is 7.41. The second-order valence-electron chi connectivity index (χ2n) is 7.05. The molecular weight excluding hydrogens is 418 g/mol. The van der Waals surface area contributed by atoms with Crippen LogP contribution in [0.25, 0.3) is 0 Å². The molecule has 1 aliphatic heterocycles. The van der Waals surface area contributed by atoms with Crippen LogP contribution >= 0.6 is 23.4 Å². The molecular formula is C20H22ClNO4S2. The van der Waals surface area contributed by atoms with Crippen LogP contribution in [0.5, 0.6) is 0 Å². The van der Waals surface area contributed by atoms with E-state index in [1.807, 2.05) is 43.3 Å². The Morgan fingerprint density at radius 3 is 2.29 bits per heavy atom. The molecule has 150 valence electrons. The number of aryl methyl sites for hydroxylation is 1. The van der Waals surface area contributed by atoms with E-state index in [9.17, 15) is 18.3 Å². The number of piperidine rings is 1. The largest absolute Gasteiger partial charge is 0.481 e. The van der Waals surface area contributed by atoms with Crippen LogP contribution in [0.4, 0.5) is 0 Å². The fourth-order valence-electron chi connectivity index (χ4n) is 3.45. The Labute approximate surface area is 174 Å². The van der Waals surface area contributed by atoms with Crippen molar-refractivity contribution in [2.45, 2.75) is 29.5 Å². The van der Waals surface area contributed by atoms with Crippen molar-refractivity contribution in [3.05, 3.63) is 64.7 Å². The molecule has 0 radical (unpaired) electrons. The molecule has 1 saturated heterocycles.